The number of nitro benzene ring substituents is 1. The fourth-order valence-corrected chi connectivity index (χ4v) is 1.34. The van der Waals surface area contributed by atoms with Crippen LogP contribution in [0.2, 0.25) is 0 Å². The van der Waals surface area contributed by atoms with Crippen LogP contribution in [0.5, 0.6) is 5.75 Å². The SMILES string of the molecule is CNc1ccn(C(=O)Oc2ccc([N+](=O)[O-])cc2)n1. The van der Waals surface area contributed by atoms with Crippen molar-refractivity contribution < 1.29 is 14.5 Å². The first-order valence-corrected chi connectivity index (χ1v) is 5.30. The second-order valence-corrected chi connectivity index (χ2v) is 3.51. The maximum absolute atomic E-state index is 11.7. The topological polar surface area (TPSA) is 99.3 Å². The van der Waals surface area contributed by atoms with Gasteiger partial charge >= 0.3 is 6.09 Å². The van der Waals surface area contributed by atoms with Gasteiger partial charge in [-0.3, -0.25) is 10.1 Å². The fourth-order valence-electron chi connectivity index (χ4n) is 1.34. The van der Waals surface area contributed by atoms with E-state index in [2.05, 4.69) is 10.4 Å². The number of non-ortho nitro benzene ring substituents is 1. The molecule has 8 nitrogen and oxygen atoms in total. The monoisotopic (exact) mass is 262 g/mol. The Labute approximate surface area is 107 Å². The molecule has 0 bridgehead atoms. The molecule has 0 aliphatic rings. The number of carbonyl (C=O) groups is 1. The summed E-state index contributed by atoms with van der Waals surface area (Å²) in [5, 5.41) is 17.1. The van der Waals surface area contributed by atoms with E-state index >= 15 is 0 Å². The molecule has 0 amide bonds. The molecule has 2 aromatic rings. The van der Waals surface area contributed by atoms with E-state index in [0.717, 1.165) is 4.68 Å². The van der Waals surface area contributed by atoms with Gasteiger partial charge < -0.3 is 10.1 Å². The van der Waals surface area contributed by atoms with Crippen molar-refractivity contribution in [2.45, 2.75) is 0 Å². The number of carbonyl (C=O) groups excluding carboxylic acids is 1. The van der Waals surface area contributed by atoms with Crippen molar-refractivity contribution in [3.8, 4) is 5.75 Å². The number of hydrogen-bond donors (Lipinski definition) is 1. The molecular formula is C11H10N4O4. The van der Waals surface area contributed by atoms with Gasteiger partial charge in [-0.25, -0.2) is 4.79 Å². The molecule has 0 fully saturated rings. The van der Waals surface area contributed by atoms with Crippen LogP contribution >= 0.6 is 0 Å². The van der Waals surface area contributed by atoms with Crippen LogP contribution in [-0.2, 0) is 0 Å². The summed E-state index contributed by atoms with van der Waals surface area (Å²) in [6, 6.07) is 6.81. The lowest BCUT2D eigenvalue weighted by Crippen LogP contribution is -2.17. The summed E-state index contributed by atoms with van der Waals surface area (Å²) < 4.78 is 6.03. The molecule has 0 unspecified atom stereocenters. The predicted molar refractivity (Wildman–Crippen MR) is 66.3 cm³/mol. The third-order valence-corrected chi connectivity index (χ3v) is 2.28. The van der Waals surface area contributed by atoms with Crippen molar-refractivity contribution >= 4 is 17.6 Å². The molecule has 1 heterocycles. The molecule has 0 spiro atoms. The number of nitro groups is 1. The molecule has 1 aromatic carbocycles. The van der Waals surface area contributed by atoms with Gasteiger partial charge in [0.15, 0.2) is 0 Å². The highest BCUT2D eigenvalue weighted by molar-refractivity contribution is 5.72. The summed E-state index contributed by atoms with van der Waals surface area (Å²) in [5.74, 6) is 0.734. The Bertz CT molecular complexity index is 605. The zero-order chi connectivity index (χ0) is 13.8. The van der Waals surface area contributed by atoms with Crippen molar-refractivity contribution in [3.05, 3.63) is 46.6 Å². The van der Waals surface area contributed by atoms with Gasteiger partial charge in [-0.2, -0.15) is 4.68 Å². The summed E-state index contributed by atoms with van der Waals surface area (Å²) in [5.41, 5.74) is -0.0728. The third kappa shape index (κ3) is 2.86. The van der Waals surface area contributed by atoms with Gasteiger partial charge in [0.25, 0.3) is 5.69 Å². The van der Waals surface area contributed by atoms with Crippen molar-refractivity contribution in [1.82, 2.24) is 9.78 Å². The number of anilines is 1. The molecule has 0 aliphatic carbocycles. The van der Waals surface area contributed by atoms with Gasteiger partial charge in [-0.1, -0.05) is 0 Å². The molecule has 1 aromatic heterocycles. The molecule has 0 radical (unpaired) electrons. The Morgan fingerprint density at radius 2 is 2.05 bits per heavy atom. The van der Waals surface area contributed by atoms with Crippen LogP contribution in [0.15, 0.2) is 36.5 Å². The first kappa shape index (κ1) is 12.6. The van der Waals surface area contributed by atoms with E-state index in [9.17, 15) is 14.9 Å². The Hall–Kier alpha value is -2.90. The van der Waals surface area contributed by atoms with Crippen LogP contribution in [0, 0.1) is 10.1 Å². The van der Waals surface area contributed by atoms with E-state index in [1.54, 1.807) is 13.1 Å². The van der Waals surface area contributed by atoms with E-state index in [4.69, 9.17) is 4.74 Å². The Morgan fingerprint density at radius 1 is 1.37 bits per heavy atom. The highest BCUT2D eigenvalue weighted by Gasteiger charge is 2.11. The van der Waals surface area contributed by atoms with Crippen LogP contribution in [-0.4, -0.2) is 27.8 Å². The average Bonchev–Trinajstić information content (AvgIpc) is 2.88. The van der Waals surface area contributed by atoms with Crippen LogP contribution in [0.1, 0.15) is 0 Å². The molecule has 0 saturated carbocycles. The first-order chi connectivity index (χ1) is 9.10. The van der Waals surface area contributed by atoms with Crippen molar-refractivity contribution in [3.63, 3.8) is 0 Å². The van der Waals surface area contributed by atoms with Crippen LogP contribution in [0.3, 0.4) is 0 Å². The lowest BCUT2D eigenvalue weighted by Gasteiger charge is -2.03. The molecule has 19 heavy (non-hydrogen) atoms. The lowest BCUT2D eigenvalue weighted by molar-refractivity contribution is -0.384. The van der Waals surface area contributed by atoms with Crippen LogP contribution in [0.4, 0.5) is 16.3 Å². The zero-order valence-electron chi connectivity index (χ0n) is 9.94. The van der Waals surface area contributed by atoms with Crippen molar-refractivity contribution in [1.29, 1.82) is 0 Å². The second-order valence-electron chi connectivity index (χ2n) is 3.51. The minimum absolute atomic E-state index is 0.0728. The maximum atomic E-state index is 11.7. The molecule has 0 aliphatic heterocycles. The summed E-state index contributed by atoms with van der Waals surface area (Å²) in [7, 11) is 1.67. The Kier molecular flexibility index (Phi) is 3.42. The summed E-state index contributed by atoms with van der Waals surface area (Å²) in [4.78, 5) is 21.6. The third-order valence-electron chi connectivity index (χ3n) is 2.28. The van der Waals surface area contributed by atoms with E-state index < -0.39 is 11.0 Å². The van der Waals surface area contributed by atoms with Gasteiger partial charge in [0, 0.05) is 31.4 Å². The smallest absolute Gasteiger partial charge is 0.409 e. The summed E-state index contributed by atoms with van der Waals surface area (Å²) in [6.07, 6.45) is 0.745. The van der Waals surface area contributed by atoms with Gasteiger partial charge in [0.1, 0.15) is 11.6 Å². The first-order valence-electron chi connectivity index (χ1n) is 5.30. The number of nitrogens with zero attached hydrogens (tertiary/aromatic N) is 3. The van der Waals surface area contributed by atoms with Crippen molar-refractivity contribution in [2.75, 3.05) is 12.4 Å². The fraction of sp³-hybridized carbons (Fsp3) is 0.0909. The van der Waals surface area contributed by atoms with Gasteiger partial charge in [-0.15, -0.1) is 5.10 Å². The summed E-state index contributed by atoms with van der Waals surface area (Å²) >= 11 is 0. The molecule has 2 rings (SSSR count). The normalized spacial score (nSPS) is 9.95. The van der Waals surface area contributed by atoms with Gasteiger partial charge in [0.05, 0.1) is 4.92 Å². The van der Waals surface area contributed by atoms with E-state index in [0.29, 0.717) is 5.82 Å². The number of aromatic nitrogens is 2. The van der Waals surface area contributed by atoms with Gasteiger partial charge in [-0.05, 0) is 12.1 Å². The largest absolute Gasteiger partial charge is 0.440 e. The van der Waals surface area contributed by atoms with Crippen molar-refractivity contribution in [2.24, 2.45) is 0 Å². The zero-order valence-corrected chi connectivity index (χ0v) is 9.94. The minimum atomic E-state index is -0.699. The molecule has 0 saturated heterocycles. The highest BCUT2D eigenvalue weighted by Crippen LogP contribution is 2.17. The van der Waals surface area contributed by atoms with Gasteiger partial charge in [0.2, 0.25) is 0 Å². The average molecular weight is 262 g/mol. The number of benzene rings is 1. The van der Waals surface area contributed by atoms with Crippen LogP contribution < -0.4 is 10.1 Å². The van der Waals surface area contributed by atoms with E-state index in [1.807, 2.05) is 0 Å². The van der Waals surface area contributed by atoms with E-state index in [-0.39, 0.29) is 11.4 Å². The minimum Gasteiger partial charge on any atom is -0.409 e. The standard InChI is InChI=1S/C11H10N4O4/c1-12-10-6-7-14(13-10)11(16)19-9-4-2-8(3-5-9)15(17)18/h2-7H,1H3,(H,12,13). The lowest BCUT2D eigenvalue weighted by atomic mass is 10.3. The maximum Gasteiger partial charge on any atom is 0.440 e. The number of hydrogen-bond acceptors (Lipinski definition) is 6. The van der Waals surface area contributed by atoms with Crippen LogP contribution in [0.25, 0.3) is 0 Å². The Morgan fingerprint density at radius 3 is 2.58 bits per heavy atom. The number of nitrogens with one attached hydrogen (secondary N) is 1. The second kappa shape index (κ2) is 5.17. The number of rotatable bonds is 3. The molecule has 0 atom stereocenters. The molecule has 8 heteroatoms. The van der Waals surface area contributed by atoms with E-state index in [1.165, 1.54) is 30.5 Å². The predicted octanol–water partition coefficient (Wildman–Crippen LogP) is 1.88. The molecule has 1 N–H and O–H groups in total. The quantitative estimate of drug-likeness (QED) is 0.669. The Balaban J connectivity index is 2.08. The highest BCUT2D eigenvalue weighted by atomic mass is 16.6. The summed E-state index contributed by atoms with van der Waals surface area (Å²) in [6.45, 7) is 0. The number of ether oxygens (including phenoxy) is 1. The molecular weight excluding hydrogens is 252 g/mol. The molecule has 98 valence electrons.